The Labute approximate surface area is 176 Å². The molecule has 1 saturated heterocycles. The van der Waals surface area contributed by atoms with E-state index in [2.05, 4.69) is 5.32 Å². The minimum atomic E-state index is -4.64. The monoisotopic (exact) mass is 435 g/mol. The molecule has 0 saturated carbocycles. The van der Waals surface area contributed by atoms with E-state index in [9.17, 15) is 22.8 Å². The molecule has 0 aromatic heterocycles. The van der Waals surface area contributed by atoms with Crippen molar-refractivity contribution in [3.05, 3.63) is 42.0 Å². The highest BCUT2D eigenvalue weighted by Gasteiger charge is 2.38. The molecule has 0 spiro atoms. The molecule has 1 unspecified atom stereocenters. The number of fused-ring (bicyclic) bond motifs is 1. The Hall–Kier alpha value is -3.43. The van der Waals surface area contributed by atoms with Crippen LogP contribution in [0.5, 0.6) is 11.5 Å². The molecule has 31 heavy (non-hydrogen) atoms. The summed E-state index contributed by atoms with van der Waals surface area (Å²) in [5.74, 6) is -0.662. The van der Waals surface area contributed by atoms with E-state index in [0.29, 0.717) is 22.9 Å². The van der Waals surface area contributed by atoms with Gasteiger partial charge in [0, 0.05) is 44.5 Å². The first-order valence-corrected chi connectivity index (χ1v) is 9.53. The smallest absolute Gasteiger partial charge is 0.418 e. The van der Waals surface area contributed by atoms with Crippen LogP contribution < -0.4 is 24.6 Å². The fourth-order valence-electron chi connectivity index (χ4n) is 3.57. The Morgan fingerprint density at radius 1 is 1.13 bits per heavy atom. The molecule has 10 heteroatoms. The summed E-state index contributed by atoms with van der Waals surface area (Å²) in [5.41, 5.74) is -0.382. The number of carbonyl (C=O) groups is 2. The van der Waals surface area contributed by atoms with Crippen molar-refractivity contribution in [2.24, 2.45) is 5.92 Å². The van der Waals surface area contributed by atoms with Gasteiger partial charge in [0.2, 0.25) is 18.6 Å². The number of amides is 2. The maximum atomic E-state index is 13.5. The van der Waals surface area contributed by atoms with E-state index >= 15 is 0 Å². The predicted octanol–water partition coefficient (Wildman–Crippen LogP) is 3.49. The number of nitrogens with zero attached hydrogens (tertiary/aromatic N) is 2. The van der Waals surface area contributed by atoms with Crippen LogP contribution in [0.4, 0.5) is 30.2 Å². The molecule has 1 N–H and O–H groups in total. The lowest BCUT2D eigenvalue weighted by atomic mass is 10.1. The van der Waals surface area contributed by atoms with Gasteiger partial charge in [-0.2, -0.15) is 13.2 Å². The average molecular weight is 435 g/mol. The van der Waals surface area contributed by atoms with E-state index in [1.807, 2.05) is 0 Å². The normalized spacial score (nSPS) is 17.8. The number of carbonyl (C=O) groups excluding carboxylic acids is 2. The van der Waals surface area contributed by atoms with Crippen molar-refractivity contribution in [3.8, 4) is 11.5 Å². The fraction of sp³-hybridized carbons (Fsp3) is 0.333. The van der Waals surface area contributed by atoms with Gasteiger partial charge in [-0.15, -0.1) is 0 Å². The van der Waals surface area contributed by atoms with Gasteiger partial charge in [0.05, 0.1) is 17.2 Å². The molecular weight excluding hydrogens is 415 g/mol. The number of hydrogen-bond acceptors (Lipinski definition) is 5. The molecule has 164 valence electrons. The second-order valence-electron chi connectivity index (χ2n) is 7.55. The fourth-order valence-corrected chi connectivity index (χ4v) is 3.57. The van der Waals surface area contributed by atoms with Crippen molar-refractivity contribution in [2.75, 3.05) is 42.5 Å². The van der Waals surface area contributed by atoms with Crippen molar-refractivity contribution >= 4 is 28.9 Å². The maximum absolute atomic E-state index is 13.5. The van der Waals surface area contributed by atoms with Crippen molar-refractivity contribution in [2.45, 2.75) is 12.6 Å². The van der Waals surface area contributed by atoms with Crippen molar-refractivity contribution in [1.29, 1.82) is 0 Å². The zero-order valence-corrected chi connectivity index (χ0v) is 16.8. The molecular formula is C21H20F3N3O4. The summed E-state index contributed by atoms with van der Waals surface area (Å²) in [6.45, 7) is 0.146. The standard InChI is InChI=1S/C21H20F3N3O4/c1-26(2)13-3-5-16(15(8-13)21(22,23)24)25-20(29)12-7-19(28)27(10-12)14-4-6-17-18(9-14)31-11-30-17/h3-6,8-9,12H,7,10-11H2,1-2H3,(H,25,29). The topological polar surface area (TPSA) is 71.1 Å². The van der Waals surface area contributed by atoms with Crippen LogP contribution in [0.25, 0.3) is 0 Å². The molecule has 1 atom stereocenters. The Morgan fingerprint density at radius 3 is 2.58 bits per heavy atom. The summed E-state index contributed by atoms with van der Waals surface area (Å²) in [6.07, 6.45) is -4.74. The van der Waals surface area contributed by atoms with Gasteiger partial charge in [-0.1, -0.05) is 0 Å². The molecule has 0 aliphatic carbocycles. The van der Waals surface area contributed by atoms with Crippen LogP contribution in [0.1, 0.15) is 12.0 Å². The van der Waals surface area contributed by atoms with Crippen LogP contribution in [0.15, 0.2) is 36.4 Å². The minimum Gasteiger partial charge on any atom is -0.454 e. The zero-order chi connectivity index (χ0) is 22.3. The molecule has 7 nitrogen and oxygen atoms in total. The highest BCUT2D eigenvalue weighted by molar-refractivity contribution is 6.04. The number of rotatable bonds is 4. The van der Waals surface area contributed by atoms with Gasteiger partial charge < -0.3 is 24.6 Å². The first kappa shape index (κ1) is 20.8. The summed E-state index contributed by atoms with van der Waals surface area (Å²) in [7, 11) is 3.26. The molecule has 2 heterocycles. The first-order valence-electron chi connectivity index (χ1n) is 9.53. The van der Waals surface area contributed by atoms with Crippen LogP contribution in [0.3, 0.4) is 0 Å². The summed E-state index contributed by atoms with van der Waals surface area (Å²) >= 11 is 0. The third kappa shape index (κ3) is 4.10. The highest BCUT2D eigenvalue weighted by Crippen LogP contribution is 2.39. The van der Waals surface area contributed by atoms with E-state index < -0.39 is 23.6 Å². The largest absolute Gasteiger partial charge is 0.454 e. The number of nitrogens with one attached hydrogen (secondary N) is 1. The van der Waals surface area contributed by atoms with Crippen LogP contribution in [-0.4, -0.2) is 39.2 Å². The molecule has 0 radical (unpaired) electrons. The molecule has 2 aromatic rings. The Kier molecular flexibility index (Phi) is 5.16. The van der Waals surface area contributed by atoms with Gasteiger partial charge in [-0.05, 0) is 30.3 Å². The Bertz CT molecular complexity index is 1040. The van der Waals surface area contributed by atoms with Crippen LogP contribution in [0, 0.1) is 5.92 Å². The van der Waals surface area contributed by atoms with Crippen LogP contribution >= 0.6 is 0 Å². The van der Waals surface area contributed by atoms with Gasteiger partial charge in [-0.3, -0.25) is 9.59 Å². The second kappa shape index (κ2) is 7.68. The lowest BCUT2D eigenvalue weighted by Crippen LogP contribution is -2.28. The maximum Gasteiger partial charge on any atom is 0.418 e. The molecule has 1 fully saturated rings. The van der Waals surface area contributed by atoms with Crippen LogP contribution in [0.2, 0.25) is 0 Å². The molecule has 2 aliphatic heterocycles. The van der Waals surface area contributed by atoms with E-state index in [1.165, 1.54) is 17.0 Å². The van der Waals surface area contributed by atoms with E-state index in [-0.39, 0.29) is 31.4 Å². The number of anilines is 3. The SMILES string of the molecule is CN(C)c1ccc(NC(=O)C2CC(=O)N(c3ccc4c(c3)OCO4)C2)c(C(F)(F)F)c1. The summed E-state index contributed by atoms with van der Waals surface area (Å²) < 4.78 is 51.1. The zero-order valence-electron chi connectivity index (χ0n) is 16.8. The first-order chi connectivity index (χ1) is 14.6. The molecule has 4 rings (SSSR count). The summed E-state index contributed by atoms with van der Waals surface area (Å²) in [6, 6.07) is 8.68. The predicted molar refractivity (Wildman–Crippen MR) is 107 cm³/mol. The third-order valence-corrected chi connectivity index (χ3v) is 5.25. The van der Waals surface area contributed by atoms with Gasteiger partial charge in [0.15, 0.2) is 11.5 Å². The van der Waals surface area contributed by atoms with E-state index in [1.54, 1.807) is 37.2 Å². The highest BCUT2D eigenvalue weighted by atomic mass is 19.4. The molecule has 2 aromatic carbocycles. The quantitative estimate of drug-likeness (QED) is 0.796. The number of halogens is 3. The van der Waals surface area contributed by atoms with Gasteiger partial charge >= 0.3 is 6.18 Å². The summed E-state index contributed by atoms with van der Waals surface area (Å²) in [4.78, 5) is 28.2. The number of benzene rings is 2. The Morgan fingerprint density at radius 2 is 1.87 bits per heavy atom. The lowest BCUT2D eigenvalue weighted by molar-refractivity contribution is -0.137. The Balaban J connectivity index is 1.51. The summed E-state index contributed by atoms with van der Waals surface area (Å²) in [5, 5.41) is 2.36. The molecule has 2 aliphatic rings. The third-order valence-electron chi connectivity index (χ3n) is 5.25. The second-order valence-corrected chi connectivity index (χ2v) is 7.55. The van der Waals surface area contributed by atoms with Gasteiger partial charge in [0.1, 0.15) is 0 Å². The molecule has 2 amide bonds. The van der Waals surface area contributed by atoms with Crippen LogP contribution in [-0.2, 0) is 15.8 Å². The van der Waals surface area contributed by atoms with Crippen molar-refractivity contribution in [3.63, 3.8) is 0 Å². The molecule has 0 bridgehead atoms. The number of hydrogen-bond donors (Lipinski definition) is 1. The van der Waals surface area contributed by atoms with Crippen molar-refractivity contribution in [1.82, 2.24) is 0 Å². The van der Waals surface area contributed by atoms with Crippen molar-refractivity contribution < 1.29 is 32.2 Å². The van der Waals surface area contributed by atoms with E-state index in [4.69, 9.17) is 9.47 Å². The van der Waals surface area contributed by atoms with Gasteiger partial charge in [-0.25, -0.2) is 0 Å². The average Bonchev–Trinajstić information content (AvgIpc) is 3.33. The van der Waals surface area contributed by atoms with E-state index in [0.717, 1.165) is 6.07 Å². The number of alkyl halides is 3. The lowest BCUT2D eigenvalue weighted by Gasteiger charge is -2.20. The minimum absolute atomic E-state index is 0.0570. The number of ether oxygens (including phenoxy) is 2. The van der Waals surface area contributed by atoms with Gasteiger partial charge in [0.25, 0.3) is 0 Å².